The van der Waals surface area contributed by atoms with Crippen LogP contribution in [-0.2, 0) is 12.4 Å². The fourth-order valence-corrected chi connectivity index (χ4v) is 3.11. The predicted octanol–water partition coefficient (Wildman–Crippen LogP) is 4.48. The van der Waals surface area contributed by atoms with Crippen molar-refractivity contribution in [2.45, 2.75) is 19.3 Å². The number of aromatic nitrogens is 1. The molecule has 2 heterocycles. The molecule has 96 valence electrons. The summed E-state index contributed by atoms with van der Waals surface area (Å²) in [5.41, 5.74) is 2.06. The Morgan fingerprint density at radius 1 is 1.28 bits per heavy atom. The summed E-state index contributed by atoms with van der Waals surface area (Å²) < 4.78 is 0.819. The average Bonchev–Trinajstić information content (AvgIpc) is 2.74. The van der Waals surface area contributed by atoms with Crippen molar-refractivity contribution in [2.75, 3.05) is 11.9 Å². The molecule has 0 radical (unpaired) electrons. The van der Waals surface area contributed by atoms with Crippen molar-refractivity contribution in [1.82, 2.24) is 4.98 Å². The molecule has 2 aromatic rings. The molecule has 0 atom stereocenters. The van der Waals surface area contributed by atoms with Crippen LogP contribution in [0.5, 0.6) is 0 Å². The van der Waals surface area contributed by atoms with Gasteiger partial charge in [-0.15, -0.1) is 22.9 Å². The molecular formula is C13H14Cl2N2S. The van der Waals surface area contributed by atoms with E-state index in [0.29, 0.717) is 5.88 Å². The first-order valence-electron chi connectivity index (χ1n) is 5.58. The maximum Gasteiger partial charge on any atom is 0.128 e. The SMILES string of the molecule is Cc1nc(N(C)Cc2ccc(Cl)s2)ccc1CCl. The topological polar surface area (TPSA) is 16.1 Å². The Hall–Kier alpha value is -0.770. The molecule has 0 amide bonds. The quantitative estimate of drug-likeness (QED) is 0.774. The number of alkyl halides is 1. The number of pyridine rings is 1. The molecule has 2 nitrogen and oxygen atoms in total. The van der Waals surface area contributed by atoms with E-state index in [9.17, 15) is 0 Å². The summed E-state index contributed by atoms with van der Waals surface area (Å²) in [5, 5.41) is 0. The number of aryl methyl sites for hydroxylation is 1. The Morgan fingerprint density at radius 2 is 2.06 bits per heavy atom. The maximum atomic E-state index is 5.92. The van der Waals surface area contributed by atoms with E-state index >= 15 is 0 Å². The normalized spacial score (nSPS) is 10.7. The van der Waals surface area contributed by atoms with Gasteiger partial charge in [-0.25, -0.2) is 4.98 Å². The molecule has 0 aliphatic rings. The van der Waals surface area contributed by atoms with Crippen LogP contribution in [0.1, 0.15) is 16.1 Å². The van der Waals surface area contributed by atoms with Gasteiger partial charge in [-0.05, 0) is 30.7 Å². The average molecular weight is 301 g/mol. The minimum atomic E-state index is 0.503. The second-order valence-corrected chi connectivity index (χ2v) is 6.18. The summed E-state index contributed by atoms with van der Waals surface area (Å²) in [6, 6.07) is 8.00. The zero-order valence-electron chi connectivity index (χ0n) is 10.3. The fourth-order valence-electron chi connectivity index (χ4n) is 1.68. The van der Waals surface area contributed by atoms with E-state index in [4.69, 9.17) is 23.2 Å². The molecule has 0 unspecified atom stereocenters. The van der Waals surface area contributed by atoms with Gasteiger partial charge >= 0.3 is 0 Å². The first kappa shape index (κ1) is 13.7. The first-order chi connectivity index (χ1) is 8.60. The summed E-state index contributed by atoms with van der Waals surface area (Å²) in [6.45, 7) is 2.79. The molecule has 0 saturated heterocycles. The van der Waals surface area contributed by atoms with Crippen LogP contribution < -0.4 is 4.90 Å². The predicted molar refractivity (Wildman–Crippen MR) is 80.0 cm³/mol. The third-order valence-electron chi connectivity index (χ3n) is 2.74. The van der Waals surface area contributed by atoms with Crippen molar-refractivity contribution < 1.29 is 0 Å². The van der Waals surface area contributed by atoms with Crippen LogP contribution in [0.4, 0.5) is 5.82 Å². The Morgan fingerprint density at radius 3 is 2.61 bits per heavy atom. The van der Waals surface area contributed by atoms with E-state index in [1.807, 2.05) is 38.2 Å². The molecule has 0 N–H and O–H groups in total. The fraction of sp³-hybridized carbons (Fsp3) is 0.308. The molecule has 0 aliphatic heterocycles. The van der Waals surface area contributed by atoms with Crippen molar-refractivity contribution in [3.8, 4) is 0 Å². The molecule has 0 fully saturated rings. The highest BCUT2D eigenvalue weighted by Gasteiger charge is 2.07. The molecule has 18 heavy (non-hydrogen) atoms. The minimum Gasteiger partial charge on any atom is -0.355 e. The van der Waals surface area contributed by atoms with Gasteiger partial charge in [-0.2, -0.15) is 0 Å². The van der Waals surface area contributed by atoms with E-state index in [1.165, 1.54) is 4.88 Å². The van der Waals surface area contributed by atoms with E-state index in [-0.39, 0.29) is 0 Å². The first-order valence-corrected chi connectivity index (χ1v) is 7.31. The van der Waals surface area contributed by atoms with E-state index < -0.39 is 0 Å². The number of rotatable bonds is 4. The van der Waals surface area contributed by atoms with Gasteiger partial charge in [0.2, 0.25) is 0 Å². The van der Waals surface area contributed by atoms with Crippen molar-refractivity contribution in [3.05, 3.63) is 44.7 Å². The summed E-state index contributed by atoms with van der Waals surface area (Å²) >= 11 is 13.4. The Labute approximate surface area is 121 Å². The van der Waals surface area contributed by atoms with Gasteiger partial charge in [0.05, 0.1) is 10.9 Å². The number of nitrogens with zero attached hydrogens (tertiary/aromatic N) is 2. The Bertz CT molecular complexity index is 540. The summed E-state index contributed by atoms with van der Waals surface area (Å²) in [4.78, 5) is 7.89. The lowest BCUT2D eigenvalue weighted by Crippen LogP contribution is -2.17. The molecule has 0 aliphatic carbocycles. The molecule has 0 bridgehead atoms. The summed E-state index contributed by atoms with van der Waals surface area (Å²) in [5.74, 6) is 1.45. The third-order valence-corrected chi connectivity index (χ3v) is 4.24. The molecule has 5 heteroatoms. The number of hydrogen-bond acceptors (Lipinski definition) is 3. The Balaban J connectivity index is 2.13. The van der Waals surface area contributed by atoms with Crippen molar-refractivity contribution >= 4 is 40.4 Å². The highest BCUT2D eigenvalue weighted by atomic mass is 35.5. The van der Waals surface area contributed by atoms with Crippen LogP contribution in [0.25, 0.3) is 0 Å². The van der Waals surface area contributed by atoms with Gasteiger partial charge in [-0.1, -0.05) is 17.7 Å². The highest BCUT2D eigenvalue weighted by Crippen LogP contribution is 2.24. The second kappa shape index (κ2) is 5.91. The molecule has 0 spiro atoms. The van der Waals surface area contributed by atoms with Crippen LogP contribution in [0.3, 0.4) is 0 Å². The van der Waals surface area contributed by atoms with Gasteiger partial charge in [0.25, 0.3) is 0 Å². The van der Waals surface area contributed by atoms with Crippen LogP contribution >= 0.6 is 34.5 Å². The van der Waals surface area contributed by atoms with E-state index in [2.05, 4.69) is 9.88 Å². The van der Waals surface area contributed by atoms with Crippen LogP contribution in [0.2, 0.25) is 4.34 Å². The standard InChI is InChI=1S/C13H14Cl2N2S/c1-9-10(7-14)3-6-13(16-9)17(2)8-11-4-5-12(15)18-11/h3-6H,7-8H2,1-2H3. The lowest BCUT2D eigenvalue weighted by molar-refractivity contribution is 0.902. The number of anilines is 1. The Kier molecular flexibility index (Phi) is 4.49. The zero-order chi connectivity index (χ0) is 13.1. The van der Waals surface area contributed by atoms with Crippen LogP contribution in [0, 0.1) is 6.92 Å². The lowest BCUT2D eigenvalue weighted by atomic mass is 10.2. The van der Waals surface area contributed by atoms with Gasteiger partial charge < -0.3 is 4.90 Å². The molecule has 2 rings (SSSR count). The lowest BCUT2D eigenvalue weighted by Gasteiger charge is -2.18. The van der Waals surface area contributed by atoms with Gasteiger partial charge in [0.1, 0.15) is 5.82 Å². The molecule has 0 saturated carbocycles. The molecule has 2 aromatic heterocycles. The highest BCUT2D eigenvalue weighted by molar-refractivity contribution is 7.16. The van der Waals surface area contributed by atoms with Crippen LogP contribution in [-0.4, -0.2) is 12.0 Å². The smallest absolute Gasteiger partial charge is 0.128 e. The molecule has 0 aromatic carbocycles. The van der Waals surface area contributed by atoms with Gasteiger partial charge in [0.15, 0.2) is 0 Å². The number of halogens is 2. The maximum absolute atomic E-state index is 5.92. The minimum absolute atomic E-state index is 0.503. The number of hydrogen-bond donors (Lipinski definition) is 0. The van der Waals surface area contributed by atoms with E-state index in [1.54, 1.807) is 11.3 Å². The van der Waals surface area contributed by atoms with Gasteiger partial charge in [-0.3, -0.25) is 0 Å². The third kappa shape index (κ3) is 3.16. The monoisotopic (exact) mass is 300 g/mol. The number of thiophene rings is 1. The van der Waals surface area contributed by atoms with Crippen molar-refractivity contribution in [2.24, 2.45) is 0 Å². The largest absolute Gasteiger partial charge is 0.355 e. The van der Waals surface area contributed by atoms with E-state index in [0.717, 1.165) is 28.0 Å². The summed E-state index contributed by atoms with van der Waals surface area (Å²) in [6.07, 6.45) is 0. The zero-order valence-corrected chi connectivity index (χ0v) is 12.6. The molecular weight excluding hydrogens is 287 g/mol. The van der Waals surface area contributed by atoms with Gasteiger partial charge in [0, 0.05) is 23.5 Å². The van der Waals surface area contributed by atoms with Crippen molar-refractivity contribution in [3.63, 3.8) is 0 Å². The van der Waals surface area contributed by atoms with Crippen LogP contribution in [0.15, 0.2) is 24.3 Å². The van der Waals surface area contributed by atoms with Crippen molar-refractivity contribution in [1.29, 1.82) is 0 Å². The summed E-state index contributed by atoms with van der Waals surface area (Å²) in [7, 11) is 2.02. The second-order valence-electron chi connectivity index (χ2n) is 4.11.